The van der Waals surface area contributed by atoms with Crippen LogP contribution < -0.4 is 42.0 Å². The van der Waals surface area contributed by atoms with Crippen molar-refractivity contribution in [1.29, 1.82) is 0 Å². The van der Waals surface area contributed by atoms with Gasteiger partial charge in [-0.05, 0) is 37.6 Å². The van der Waals surface area contributed by atoms with Gasteiger partial charge in [-0.25, -0.2) is 14.4 Å². The molecule has 214 valence electrons. The van der Waals surface area contributed by atoms with E-state index in [1.807, 2.05) is 0 Å². The van der Waals surface area contributed by atoms with Gasteiger partial charge in [0.1, 0.15) is 34.8 Å². The Labute approximate surface area is 237 Å². The molecule has 1 amide bonds. The molecule has 5 N–H and O–H groups in total. The Hall–Kier alpha value is -5.53. The van der Waals surface area contributed by atoms with Gasteiger partial charge >= 0.3 is 0 Å². The van der Waals surface area contributed by atoms with Gasteiger partial charge in [0.15, 0.2) is 11.4 Å². The molecule has 1 unspecified atom stereocenters. The predicted molar refractivity (Wildman–Crippen MR) is 153 cm³/mol. The number of anilines is 4. The van der Waals surface area contributed by atoms with Crippen LogP contribution in [0.3, 0.4) is 0 Å². The molecule has 0 saturated heterocycles. The largest absolute Gasteiger partial charge is 0.488 e. The maximum atomic E-state index is 14.2. The first-order chi connectivity index (χ1) is 20.2. The Morgan fingerprint density at radius 1 is 1.17 bits per heavy atom. The summed E-state index contributed by atoms with van der Waals surface area (Å²) in [7, 11) is 0. The number of nitrogens with one attached hydrogen (secondary N) is 3. The van der Waals surface area contributed by atoms with Crippen molar-refractivity contribution in [3.8, 4) is 22.8 Å². The highest BCUT2D eigenvalue weighted by Crippen LogP contribution is 2.35. The molecule has 0 fully saturated rings. The van der Waals surface area contributed by atoms with Gasteiger partial charge in [-0.3, -0.25) is 14.4 Å². The number of nitrogen functional groups attached to an aromatic ring is 1. The van der Waals surface area contributed by atoms with E-state index >= 15 is 0 Å². The van der Waals surface area contributed by atoms with Crippen LogP contribution in [0.5, 0.6) is 11.6 Å². The number of fused-ring (bicyclic) bond motifs is 2. The summed E-state index contributed by atoms with van der Waals surface area (Å²) in [5.41, 5.74) is 7.86. The van der Waals surface area contributed by atoms with Crippen molar-refractivity contribution in [2.24, 2.45) is 0 Å². The number of hydrogen-bond donors (Lipinski definition) is 4. The van der Waals surface area contributed by atoms with E-state index in [0.717, 1.165) is 6.20 Å². The van der Waals surface area contributed by atoms with Gasteiger partial charge in [-0.2, -0.15) is 9.61 Å². The van der Waals surface area contributed by atoms with E-state index in [9.17, 15) is 18.8 Å². The van der Waals surface area contributed by atoms with Crippen LogP contribution in [0.2, 0.25) is 0 Å². The Morgan fingerprint density at radius 3 is 2.71 bits per heavy atom. The fraction of sp³-hybridized carbons (Fsp3) is 0.214. The van der Waals surface area contributed by atoms with Crippen molar-refractivity contribution in [3.63, 3.8) is 0 Å². The number of rotatable bonds is 5. The Kier molecular flexibility index (Phi) is 6.65. The summed E-state index contributed by atoms with van der Waals surface area (Å²) in [6.45, 7) is 3.97. The number of nitrogens with two attached hydrogens (primary N) is 1. The van der Waals surface area contributed by atoms with Gasteiger partial charge in [-0.15, -0.1) is 0 Å². The van der Waals surface area contributed by atoms with Gasteiger partial charge < -0.3 is 31.2 Å². The molecular weight excluding hydrogens is 547 g/mol. The van der Waals surface area contributed by atoms with Gasteiger partial charge in [0, 0.05) is 17.8 Å². The molecule has 1 aliphatic rings. The monoisotopic (exact) mass is 572 g/mol. The van der Waals surface area contributed by atoms with E-state index in [0.29, 0.717) is 28.2 Å². The van der Waals surface area contributed by atoms with E-state index in [1.54, 1.807) is 38.1 Å². The fourth-order valence-electron chi connectivity index (χ4n) is 4.66. The number of benzene rings is 1. The standard InChI is InChI=1S/C28H25FN8O5/c1-3-41-23-20(21(38)22(23)39)35-17-6-4-14(5-7-17)19-24(30)37-26-18(12-34-37)27(40)32-9-13(2)42-28-15(8-16(29)11-33-28)10-31-25(19)36-26/h4-8,11-13,35H,3,9-10,30H2,1-2H3,(H,31,36)(H,32,40). The minimum Gasteiger partial charge on any atom is -0.488 e. The Morgan fingerprint density at radius 2 is 1.95 bits per heavy atom. The van der Waals surface area contributed by atoms with E-state index in [1.165, 1.54) is 16.8 Å². The number of ether oxygens (including phenoxy) is 2. The topological polar surface area (TPSA) is 175 Å². The maximum Gasteiger partial charge on any atom is 0.272 e. The highest BCUT2D eigenvalue weighted by Gasteiger charge is 2.25. The number of aromatic nitrogens is 4. The lowest BCUT2D eigenvalue weighted by Gasteiger charge is -2.18. The molecule has 42 heavy (non-hydrogen) atoms. The van der Waals surface area contributed by atoms with Gasteiger partial charge in [0.25, 0.3) is 16.8 Å². The molecule has 0 saturated carbocycles. The maximum absolute atomic E-state index is 14.2. The second-order valence-corrected chi connectivity index (χ2v) is 9.62. The summed E-state index contributed by atoms with van der Waals surface area (Å²) in [6, 6.07) is 8.19. The number of nitrogens with zero attached hydrogens (tertiary/aromatic N) is 4. The smallest absolute Gasteiger partial charge is 0.272 e. The number of pyridine rings is 1. The lowest BCUT2D eigenvalue weighted by Crippen LogP contribution is -2.35. The van der Waals surface area contributed by atoms with Crippen LogP contribution in [-0.2, 0) is 6.54 Å². The van der Waals surface area contributed by atoms with E-state index in [2.05, 4.69) is 26.0 Å². The molecule has 2 bridgehead atoms. The van der Waals surface area contributed by atoms with Crippen molar-refractivity contribution in [2.45, 2.75) is 26.5 Å². The van der Waals surface area contributed by atoms with Gasteiger partial charge in [0.05, 0.1) is 31.1 Å². The highest BCUT2D eigenvalue weighted by molar-refractivity contribution is 6.01. The normalized spacial score (nSPS) is 15.1. The van der Waals surface area contributed by atoms with Crippen LogP contribution in [0.1, 0.15) is 29.8 Å². The average Bonchev–Trinajstić information content (AvgIpc) is 3.42. The lowest BCUT2D eigenvalue weighted by atomic mass is 10.1. The molecule has 2 aromatic carbocycles. The van der Waals surface area contributed by atoms with Crippen LogP contribution in [0.15, 0.2) is 52.3 Å². The fourth-order valence-corrected chi connectivity index (χ4v) is 4.66. The Balaban J connectivity index is 1.42. The van der Waals surface area contributed by atoms with E-state index < -0.39 is 28.7 Å². The average molecular weight is 573 g/mol. The number of halogens is 1. The third-order valence-electron chi connectivity index (χ3n) is 6.73. The summed E-state index contributed by atoms with van der Waals surface area (Å²) in [5.74, 6) is -0.243. The Bertz CT molecular complexity index is 1910. The quantitative estimate of drug-likeness (QED) is 0.228. The van der Waals surface area contributed by atoms with Crippen molar-refractivity contribution >= 4 is 34.6 Å². The number of carbonyl (C=O) groups excluding carboxylic acids is 1. The third-order valence-corrected chi connectivity index (χ3v) is 6.73. The molecule has 0 spiro atoms. The van der Waals surface area contributed by atoms with Crippen molar-refractivity contribution in [3.05, 3.63) is 80.1 Å². The summed E-state index contributed by atoms with van der Waals surface area (Å²) >= 11 is 0. The highest BCUT2D eigenvalue weighted by atomic mass is 19.1. The van der Waals surface area contributed by atoms with Crippen molar-refractivity contribution in [1.82, 2.24) is 24.9 Å². The molecule has 1 atom stereocenters. The first-order valence-corrected chi connectivity index (χ1v) is 13.1. The second kappa shape index (κ2) is 10.5. The van der Waals surface area contributed by atoms with Crippen molar-refractivity contribution in [2.75, 3.05) is 29.5 Å². The molecule has 5 aromatic rings. The summed E-state index contributed by atoms with van der Waals surface area (Å²) < 4.78 is 26.7. The van der Waals surface area contributed by atoms with Gasteiger partial charge in [0.2, 0.25) is 5.88 Å². The molecule has 14 heteroatoms. The van der Waals surface area contributed by atoms with E-state index in [-0.39, 0.29) is 54.0 Å². The summed E-state index contributed by atoms with van der Waals surface area (Å²) in [5, 5.41) is 13.2. The van der Waals surface area contributed by atoms with Gasteiger partial charge in [-0.1, -0.05) is 12.1 Å². The zero-order chi connectivity index (χ0) is 29.5. The molecule has 3 aromatic heterocycles. The minimum absolute atomic E-state index is 0.00372. The molecule has 13 nitrogen and oxygen atoms in total. The van der Waals surface area contributed by atoms with Crippen LogP contribution >= 0.6 is 0 Å². The molecule has 4 heterocycles. The molecule has 0 aliphatic carbocycles. The zero-order valence-corrected chi connectivity index (χ0v) is 22.5. The number of hydrogen-bond acceptors (Lipinski definition) is 11. The predicted octanol–water partition coefficient (Wildman–Crippen LogP) is 2.37. The van der Waals surface area contributed by atoms with Crippen LogP contribution in [0, 0.1) is 5.82 Å². The summed E-state index contributed by atoms with van der Waals surface area (Å²) in [4.78, 5) is 45.7. The minimum atomic E-state index is -0.669. The first kappa shape index (κ1) is 26.7. The molecule has 6 rings (SSSR count). The number of carbonyl (C=O) groups is 1. The van der Waals surface area contributed by atoms with E-state index in [4.69, 9.17) is 20.2 Å². The zero-order valence-electron chi connectivity index (χ0n) is 22.5. The van der Waals surface area contributed by atoms with Crippen LogP contribution in [0.4, 0.5) is 27.4 Å². The molecule has 0 radical (unpaired) electrons. The lowest BCUT2D eigenvalue weighted by molar-refractivity contribution is 0.0932. The van der Waals surface area contributed by atoms with Crippen LogP contribution in [-0.4, -0.2) is 44.7 Å². The second-order valence-electron chi connectivity index (χ2n) is 9.62. The molecular formula is C28H25FN8O5. The van der Waals surface area contributed by atoms with Crippen LogP contribution in [0.25, 0.3) is 16.8 Å². The summed E-state index contributed by atoms with van der Waals surface area (Å²) in [6.07, 6.45) is 1.98. The van der Waals surface area contributed by atoms with Crippen molar-refractivity contribution < 1.29 is 18.7 Å². The third kappa shape index (κ3) is 4.62. The first-order valence-electron chi connectivity index (χ1n) is 13.1. The SMILES string of the molecule is CCOc1c(Nc2ccc(-c3c4nc5c(cnn5c3N)C(=O)NCC(C)Oc3ncc(F)cc3CN4)cc2)c(=O)c1=O. The molecule has 1 aliphatic heterocycles. The number of amides is 1.